The van der Waals surface area contributed by atoms with E-state index in [0.29, 0.717) is 23.9 Å². The highest BCUT2D eigenvalue weighted by atomic mass is 16.5. The van der Waals surface area contributed by atoms with Crippen LogP contribution in [0.5, 0.6) is 17.2 Å². The van der Waals surface area contributed by atoms with Crippen LogP contribution >= 0.6 is 0 Å². The molecule has 1 aliphatic rings. The normalized spacial score (nSPS) is 16.3. The zero-order chi connectivity index (χ0) is 16.9. The number of methoxy groups -OCH3 is 3. The zero-order valence-corrected chi connectivity index (χ0v) is 14.2. The molecule has 0 saturated heterocycles. The molecule has 0 radical (unpaired) electrons. The number of hydrogen-bond donors (Lipinski definition) is 1. The van der Waals surface area contributed by atoms with Crippen LogP contribution in [0, 0.1) is 0 Å². The van der Waals surface area contributed by atoms with E-state index in [-0.39, 0.29) is 6.04 Å². The fourth-order valence-corrected chi connectivity index (χ4v) is 2.84. The molecular formula is C19H22NO4+. The van der Waals surface area contributed by atoms with Crippen molar-refractivity contribution in [3.63, 3.8) is 0 Å². The highest BCUT2D eigenvalue weighted by Crippen LogP contribution is 2.38. The second-order valence-corrected chi connectivity index (χ2v) is 5.59. The maximum atomic E-state index is 5.85. The topological polar surface area (TPSA) is 50.9 Å². The molecule has 0 aliphatic carbocycles. The molecule has 0 spiro atoms. The van der Waals surface area contributed by atoms with Crippen LogP contribution < -0.4 is 19.2 Å². The second kappa shape index (κ2) is 7.25. The monoisotopic (exact) mass is 328 g/mol. The lowest BCUT2D eigenvalue weighted by molar-refractivity contribution is -0.489. The molecule has 1 N–H and O–H groups in total. The smallest absolute Gasteiger partial charge is 0.369 e. The average molecular weight is 328 g/mol. The molecule has 1 heterocycles. The van der Waals surface area contributed by atoms with Gasteiger partial charge in [0.1, 0.15) is 0 Å². The molecule has 2 aromatic carbocycles. The Kier molecular flexibility index (Phi) is 4.89. The van der Waals surface area contributed by atoms with E-state index in [4.69, 9.17) is 18.9 Å². The first kappa shape index (κ1) is 16.2. The van der Waals surface area contributed by atoms with Crippen LogP contribution in [-0.4, -0.2) is 39.9 Å². The first-order valence-electron chi connectivity index (χ1n) is 7.85. The third-order valence-electron chi connectivity index (χ3n) is 4.02. The van der Waals surface area contributed by atoms with Crippen LogP contribution in [0.4, 0.5) is 0 Å². The van der Waals surface area contributed by atoms with Gasteiger partial charge in [0, 0.05) is 18.6 Å². The minimum atomic E-state index is 0.237. The largest absolute Gasteiger partial charge is 0.493 e. The Morgan fingerprint density at radius 1 is 1.00 bits per heavy atom. The van der Waals surface area contributed by atoms with Crippen molar-refractivity contribution >= 4 is 5.90 Å². The molecule has 126 valence electrons. The SMILES string of the molecule is COc1cc(C2=[NH+][C@@H](Cc3ccccc3)CO2)cc(OC)c1OC. The summed E-state index contributed by atoms with van der Waals surface area (Å²) in [6, 6.07) is 14.4. The van der Waals surface area contributed by atoms with Crippen molar-refractivity contribution in [3.8, 4) is 17.2 Å². The molecule has 0 bridgehead atoms. The van der Waals surface area contributed by atoms with Gasteiger partial charge in [-0.1, -0.05) is 30.3 Å². The van der Waals surface area contributed by atoms with Crippen molar-refractivity contribution < 1.29 is 23.9 Å². The summed E-state index contributed by atoms with van der Waals surface area (Å²) in [4.78, 5) is 3.44. The van der Waals surface area contributed by atoms with Gasteiger partial charge < -0.3 is 18.9 Å². The molecule has 2 aromatic rings. The second-order valence-electron chi connectivity index (χ2n) is 5.59. The maximum Gasteiger partial charge on any atom is 0.369 e. The van der Waals surface area contributed by atoms with E-state index in [9.17, 15) is 0 Å². The van der Waals surface area contributed by atoms with E-state index in [1.807, 2.05) is 18.2 Å². The summed E-state index contributed by atoms with van der Waals surface area (Å²) in [5, 5.41) is 0. The predicted octanol–water partition coefficient (Wildman–Crippen LogP) is 1.18. The standard InChI is InChI=1S/C19H21NO4/c1-21-16-10-14(11-17(22-2)18(16)23-3)19-20-15(12-24-19)9-13-7-5-4-6-8-13/h4-8,10-11,15H,9,12H2,1-3H3/p+1/t15-/m0/s1. The van der Waals surface area contributed by atoms with Crippen LogP contribution in [0.25, 0.3) is 0 Å². The van der Waals surface area contributed by atoms with Crippen LogP contribution in [0.15, 0.2) is 42.5 Å². The molecule has 0 fully saturated rings. The van der Waals surface area contributed by atoms with Gasteiger partial charge in [-0.15, -0.1) is 0 Å². The van der Waals surface area contributed by atoms with Gasteiger partial charge in [0.05, 0.1) is 26.9 Å². The van der Waals surface area contributed by atoms with Crippen LogP contribution in [-0.2, 0) is 11.2 Å². The third kappa shape index (κ3) is 3.30. The predicted molar refractivity (Wildman–Crippen MR) is 91.1 cm³/mol. The van der Waals surface area contributed by atoms with E-state index in [1.165, 1.54) is 5.56 Å². The first-order valence-corrected chi connectivity index (χ1v) is 7.85. The lowest BCUT2D eigenvalue weighted by Crippen LogP contribution is -2.77. The van der Waals surface area contributed by atoms with E-state index in [0.717, 1.165) is 17.9 Å². The Hall–Kier alpha value is -2.69. The van der Waals surface area contributed by atoms with Gasteiger partial charge in [0.2, 0.25) is 5.75 Å². The maximum absolute atomic E-state index is 5.85. The van der Waals surface area contributed by atoms with Crippen LogP contribution in [0.1, 0.15) is 11.1 Å². The molecule has 5 heteroatoms. The van der Waals surface area contributed by atoms with E-state index in [2.05, 4.69) is 29.3 Å². The molecular weight excluding hydrogens is 306 g/mol. The number of rotatable bonds is 6. The molecule has 0 amide bonds. The van der Waals surface area contributed by atoms with E-state index < -0.39 is 0 Å². The number of benzene rings is 2. The van der Waals surface area contributed by atoms with Gasteiger partial charge in [-0.05, 0) is 5.56 Å². The number of ether oxygens (including phenoxy) is 4. The van der Waals surface area contributed by atoms with E-state index in [1.54, 1.807) is 21.3 Å². The summed E-state index contributed by atoms with van der Waals surface area (Å²) >= 11 is 0. The lowest BCUT2D eigenvalue weighted by Gasteiger charge is -2.12. The minimum Gasteiger partial charge on any atom is -0.493 e. The number of hydrogen-bond acceptors (Lipinski definition) is 4. The van der Waals surface area contributed by atoms with Gasteiger partial charge in [-0.3, -0.25) is 0 Å². The van der Waals surface area contributed by atoms with Crippen LogP contribution in [0.2, 0.25) is 0 Å². The molecule has 1 aliphatic heterocycles. The molecule has 3 rings (SSSR count). The third-order valence-corrected chi connectivity index (χ3v) is 4.02. The Morgan fingerprint density at radius 3 is 2.25 bits per heavy atom. The average Bonchev–Trinajstić information content (AvgIpc) is 3.09. The van der Waals surface area contributed by atoms with Crippen molar-refractivity contribution in [2.75, 3.05) is 27.9 Å². The summed E-state index contributed by atoms with van der Waals surface area (Å²) in [7, 11) is 4.80. The van der Waals surface area contributed by atoms with Crippen molar-refractivity contribution in [1.82, 2.24) is 0 Å². The van der Waals surface area contributed by atoms with Crippen molar-refractivity contribution in [3.05, 3.63) is 53.6 Å². The van der Waals surface area contributed by atoms with Crippen molar-refractivity contribution in [2.24, 2.45) is 0 Å². The summed E-state index contributed by atoms with van der Waals surface area (Å²) < 4.78 is 22.0. The Balaban J connectivity index is 1.85. The Bertz CT molecular complexity index is 702. The number of nitrogens with one attached hydrogen (secondary N) is 1. The fourth-order valence-electron chi connectivity index (χ4n) is 2.84. The Morgan fingerprint density at radius 2 is 1.67 bits per heavy atom. The zero-order valence-electron chi connectivity index (χ0n) is 14.2. The summed E-state index contributed by atoms with van der Waals surface area (Å²) in [6.07, 6.45) is 0.911. The molecule has 0 saturated carbocycles. The van der Waals surface area contributed by atoms with Gasteiger partial charge in [0.25, 0.3) is 0 Å². The van der Waals surface area contributed by atoms with E-state index >= 15 is 0 Å². The van der Waals surface area contributed by atoms with Crippen molar-refractivity contribution in [1.29, 1.82) is 0 Å². The minimum absolute atomic E-state index is 0.237. The van der Waals surface area contributed by atoms with Gasteiger partial charge in [-0.25, -0.2) is 4.99 Å². The molecule has 0 aromatic heterocycles. The summed E-state index contributed by atoms with van der Waals surface area (Å²) in [5.74, 6) is 2.52. The molecule has 1 atom stereocenters. The van der Waals surface area contributed by atoms with Crippen LogP contribution in [0.3, 0.4) is 0 Å². The first-order chi connectivity index (χ1) is 11.7. The van der Waals surface area contributed by atoms with Gasteiger partial charge in [-0.2, -0.15) is 0 Å². The highest BCUT2D eigenvalue weighted by Gasteiger charge is 2.29. The molecule has 24 heavy (non-hydrogen) atoms. The lowest BCUT2D eigenvalue weighted by atomic mass is 10.1. The van der Waals surface area contributed by atoms with Crippen molar-refractivity contribution in [2.45, 2.75) is 12.5 Å². The Labute approximate surface area is 141 Å². The molecule has 5 nitrogen and oxygen atoms in total. The summed E-state index contributed by atoms with van der Waals surface area (Å²) in [5.41, 5.74) is 2.16. The molecule has 0 unspecified atom stereocenters. The van der Waals surface area contributed by atoms with Gasteiger partial charge >= 0.3 is 5.90 Å². The quantitative estimate of drug-likeness (QED) is 0.865. The summed E-state index contributed by atoms with van der Waals surface area (Å²) in [6.45, 7) is 0.626. The fraction of sp³-hybridized carbons (Fsp3) is 0.316. The highest BCUT2D eigenvalue weighted by molar-refractivity contribution is 5.91. The van der Waals surface area contributed by atoms with Gasteiger partial charge in [0.15, 0.2) is 24.1 Å².